The number of fused-ring (bicyclic) bond motifs is 1. The number of amides is 4. The molecule has 0 bridgehead atoms. The van der Waals surface area contributed by atoms with Crippen LogP contribution in [0.1, 0.15) is 17.0 Å². The molecule has 8 heteroatoms. The van der Waals surface area contributed by atoms with Gasteiger partial charge in [0.1, 0.15) is 11.3 Å². The number of anilines is 1. The van der Waals surface area contributed by atoms with Gasteiger partial charge in [-0.2, -0.15) is 5.10 Å². The Hall–Kier alpha value is -4.72. The maximum atomic E-state index is 13.3. The second kappa shape index (κ2) is 8.57. The number of carbonyl (C=O) groups is 3. The van der Waals surface area contributed by atoms with Crippen molar-refractivity contribution in [3.63, 3.8) is 0 Å². The van der Waals surface area contributed by atoms with Crippen LogP contribution in [0.4, 0.5) is 10.5 Å². The van der Waals surface area contributed by atoms with E-state index in [1.165, 1.54) is 13.2 Å². The molecule has 2 heterocycles. The SMILES string of the molecule is COc1ccc(N2C(=O)NC(=O)/C(=C/c3c(C)nn(-c4cccc5ccccc45)c3C)C2=O)cc1. The number of aromatic nitrogens is 2. The van der Waals surface area contributed by atoms with Crippen LogP contribution < -0.4 is 15.0 Å². The Balaban J connectivity index is 1.58. The molecule has 3 aromatic carbocycles. The number of nitrogens with zero attached hydrogens (tertiary/aromatic N) is 3. The fraction of sp³-hybridized carbons (Fsp3) is 0.111. The van der Waals surface area contributed by atoms with Crippen molar-refractivity contribution in [3.05, 3.63) is 89.3 Å². The lowest BCUT2D eigenvalue weighted by Crippen LogP contribution is -2.54. The summed E-state index contributed by atoms with van der Waals surface area (Å²) in [5, 5.41) is 9.06. The van der Waals surface area contributed by atoms with Gasteiger partial charge in [0, 0.05) is 16.6 Å². The Labute approximate surface area is 201 Å². The summed E-state index contributed by atoms with van der Waals surface area (Å²) < 4.78 is 6.95. The number of ether oxygens (including phenoxy) is 1. The van der Waals surface area contributed by atoms with Crippen LogP contribution in [0, 0.1) is 13.8 Å². The third-order valence-electron chi connectivity index (χ3n) is 6.06. The van der Waals surface area contributed by atoms with E-state index >= 15 is 0 Å². The van der Waals surface area contributed by atoms with Crippen molar-refractivity contribution >= 4 is 40.4 Å². The van der Waals surface area contributed by atoms with E-state index in [4.69, 9.17) is 9.84 Å². The van der Waals surface area contributed by atoms with Gasteiger partial charge in [-0.3, -0.25) is 14.9 Å². The highest BCUT2D eigenvalue weighted by molar-refractivity contribution is 6.39. The molecular weight excluding hydrogens is 444 g/mol. The molecule has 0 spiro atoms. The maximum absolute atomic E-state index is 13.3. The molecule has 1 aliphatic rings. The van der Waals surface area contributed by atoms with Crippen LogP contribution in [0.3, 0.4) is 0 Å². The zero-order chi connectivity index (χ0) is 24.7. The fourth-order valence-corrected chi connectivity index (χ4v) is 4.26. The average Bonchev–Trinajstić information content (AvgIpc) is 3.14. The summed E-state index contributed by atoms with van der Waals surface area (Å²) in [6.07, 6.45) is 1.50. The highest BCUT2D eigenvalue weighted by Crippen LogP contribution is 2.28. The second-order valence-electron chi connectivity index (χ2n) is 8.15. The predicted octanol–water partition coefficient (Wildman–Crippen LogP) is 4.32. The summed E-state index contributed by atoms with van der Waals surface area (Å²) in [5.74, 6) is -0.875. The van der Waals surface area contributed by atoms with E-state index in [-0.39, 0.29) is 5.57 Å². The van der Waals surface area contributed by atoms with Crippen LogP contribution in [0.5, 0.6) is 5.75 Å². The van der Waals surface area contributed by atoms with Crippen molar-refractivity contribution in [3.8, 4) is 11.4 Å². The minimum absolute atomic E-state index is 0.149. The van der Waals surface area contributed by atoms with E-state index in [0.29, 0.717) is 22.7 Å². The van der Waals surface area contributed by atoms with E-state index in [1.807, 2.05) is 61.0 Å². The molecule has 4 amide bonds. The number of imide groups is 2. The third-order valence-corrected chi connectivity index (χ3v) is 6.06. The topological polar surface area (TPSA) is 93.5 Å². The van der Waals surface area contributed by atoms with E-state index in [2.05, 4.69) is 5.32 Å². The van der Waals surface area contributed by atoms with Gasteiger partial charge in [0.2, 0.25) is 0 Å². The molecule has 0 aliphatic carbocycles. The first-order valence-electron chi connectivity index (χ1n) is 11.0. The molecule has 1 fully saturated rings. The van der Waals surface area contributed by atoms with Crippen molar-refractivity contribution < 1.29 is 19.1 Å². The van der Waals surface area contributed by atoms with Gasteiger partial charge in [0.25, 0.3) is 11.8 Å². The minimum Gasteiger partial charge on any atom is -0.497 e. The summed E-state index contributed by atoms with van der Waals surface area (Å²) in [4.78, 5) is 39.4. The van der Waals surface area contributed by atoms with E-state index in [1.54, 1.807) is 24.3 Å². The number of barbiturate groups is 1. The Morgan fingerprint density at radius 2 is 1.63 bits per heavy atom. The van der Waals surface area contributed by atoms with Gasteiger partial charge >= 0.3 is 6.03 Å². The van der Waals surface area contributed by atoms with E-state index in [9.17, 15) is 14.4 Å². The van der Waals surface area contributed by atoms with Gasteiger partial charge in [-0.05, 0) is 55.6 Å². The van der Waals surface area contributed by atoms with E-state index in [0.717, 1.165) is 27.1 Å². The molecule has 35 heavy (non-hydrogen) atoms. The Kier molecular flexibility index (Phi) is 5.41. The molecule has 8 nitrogen and oxygen atoms in total. The number of methoxy groups -OCH3 is 1. The number of aryl methyl sites for hydroxylation is 1. The number of nitrogens with one attached hydrogen (secondary N) is 1. The smallest absolute Gasteiger partial charge is 0.335 e. The van der Waals surface area contributed by atoms with Gasteiger partial charge in [-0.1, -0.05) is 36.4 Å². The molecule has 0 unspecified atom stereocenters. The van der Waals surface area contributed by atoms with Crippen LogP contribution in [-0.2, 0) is 9.59 Å². The van der Waals surface area contributed by atoms with Gasteiger partial charge in [-0.25, -0.2) is 14.4 Å². The highest BCUT2D eigenvalue weighted by atomic mass is 16.5. The lowest BCUT2D eigenvalue weighted by Gasteiger charge is -2.26. The van der Waals surface area contributed by atoms with Gasteiger partial charge in [0.05, 0.1) is 24.2 Å². The first-order chi connectivity index (χ1) is 16.9. The van der Waals surface area contributed by atoms with Crippen LogP contribution in [0.25, 0.3) is 22.5 Å². The molecule has 5 rings (SSSR count). The van der Waals surface area contributed by atoms with Gasteiger partial charge in [0.15, 0.2) is 0 Å². The summed E-state index contributed by atoms with van der Waals surface area (Å²) >= 11 is 0. The lowest BCUT2D eigenvalue weighted by atomic mass is 10.0. The predicted molar refractivity (Wildman–Crippen MR) is 133 cm³/mol. The van der Waals surface area contributed by atoms with Crippen molar-refractivity contribution in [1.29, 1.82) is 0 Å². The van der Waals surface area contributed by atoms with Crippen LogP contribution in [0.15, 0.2) is 72.3 Å². The number of benzene rings is 3. The molecule has 1 N–H and O–H groups in total. The van der Waals surface area contributed by atoms with Crippen molar-refractivity contribution in [1.82, 2.24) is 15.1 Å². The Bertz CT molecular complexity index is 1530. The fourth-order valence-electron chi connectivity index (χ4n) is 4.26. The maximum Gasteiger partial charge on any atom is 0.335 e. The second-order valence-corrected chi connectivity index (χ2v) is 8.15. The summed E-state index contributed by atoms with van der Waals surface area (Å²) in [5.41, 5.74) is 3.12. The first kappa shape index (κ1) is 22.1. The highest BCUT2D eigenvalue weighted by Gasteiger charge is 2.37. The van der Waals surface area contributed by atoms with Crippen LogP contribution in [-0.4, -0.2) is 34.7 Å². The minimum atomic E-state index is -0.804. The Morgan fingerprint density at radius 1 is 0.914 bits per heavy atom. The number of carbonyl (C=O) groups excluding carboxylic acids is 3. The van der Waals surface area contributed by atoms with Gasteiger partial charge < -0.3 is 4.74 Å². The number of urea groups is 1. The number of hydrogen-bond donors (Lipinski definition) is 1. The lowest BCUT2D eigenvalue weighted by molar-refractivity contribution is -0.122. The summed E-state index contributed by atoms with van der Waals surface area (Å²) in [6, 6.07) is 19.6. The molecule has 4 aromatic rings. The van der Waals surface area contributed by atoms with Crippen molar-refractivity contribution in [2.45, 2.75) is 13.8 Å². The van der Waals surface area contributed by atoms with Crippen LogP contribution >= 0.6 is 0 Å². The average molecular weight is 466 g/mol. The van der Waals surface area contributed by atoms with E-state index < -0.39 is 17.8 Å². The zero-order valence-corrected chi connectivity index (χ0v) is 19.4. The zero-order valence-electron chi connectivity index (χ0n) is 19.4. The molecule has 0 radical (unpaired) electrons. The van der Waals surface area contributed by atoms with Crippen LogP contribution in [0.2, 0.25) is 0 Å². The molecule has 174 valence electrons. The van der Waals surface area contributed by atoms with Crippen molar-refractivity contribution in [2.75, 3.05) is 12.0 Å². The molecule has 1 saturated heterocycles. The number of rotatable bonds is 4. The number of hydrogen-bond acceptors (Lipinski definition) is 5. The molecule has 0 saturated carbocycles. The molecular formula is C27H22N4O4. The van der Waals surface area contributed by atoms with Gasteiger partial charge in [-0.15, -0.1) is 0 Å². The first-order valence-corrected chi connectivity index (χ1v) is 11.0. The quantitative estimate of drug-likeness (QED) is 0.357. The van der Waals surface area contributed by atoms with Crippen molar-refractivity contribution in [2.24, 2.45) is 0 Å². The monoisotopic (exact) mass is 466 g/mol. The molecule has 0 atom stereocenters. The Morgan fingerprint density at radius 3 is 2.37 bits per heavy atom. The molecule has 1 aromatic heterocycles. The normalized spacial score (nSPS) is 15.1. The third kappa shape index (κ3) is 3.74. The molecule has 1 aliphatic heterocycles. The largest absolute Gasteiger partial charge is 0.497 e. The summed E-state index contributed by atoms with van der Waals surface area (Å²) in [6.45, 7) is 3.70. The summed E-state index contributed by atoms with van der Waals surface area (Å²) in [7, 11) is 1.52. The standard InChI is InChI=1S/C27H22N4O4/c1-16-22(17(2)31(29-16)24-10-6-8-18-7-4-5-9-21(18)24)15-23-25(32)28-27(34)30(26(23)33)19-11-13-20(35-3)14-12-19/h4-15H,1-3H3,(H,28,32,34)/b23-15-.